The Morgan fingerprint density at radius 2 is 2.04 bits per heavy atom. The molecule has 0 radical (unpaired) electrons. The van der Waals surface area contributed by atoms with Crippen LogP contribution in [0.2, 0.25) is 0 Å². The molecule has 2 heterocycles. The maximum atomic E-state index is 12.8. The van der Waals surface area contributed by atoms with Crippen molar-refractivity contribution >= 4 is 0 Å². The Morgan fingerprint density at radius 3 is 2.71 bits per heavy atom. The number of nitrogens with one attached hydrogen (secondary N) is 1. The van der Waals surface area contributed by atoms with Gasteiger partial charge >= 0.3 is 6.18 Å². The van der Waals surface area contributed by atoms with Crippen LogP contribution in [0.5, 0.6) is 5.75 Å². The fourth-order valence-electron chi connectivity index (χ4n) is 2.79. The third kappa shape index (κ3) is 4.47. The second-order valence-corrected chi connectivity index (χ2v) is 5.80. The van der Waals surface area contributed by atoms with E-state index in [-0.39, 0.29) is 18.3 Å². The monoisotopic (exact) mass is 340 g/mol. The van der Waals surface area contributed by atoms with Crippen LogP contribution in [0.4, 0.5) is 13.2 Å². The zero-order chi connectivity index (χ0) is 17.0. The minimum atomic E-state index is -4.33. The van der Waals surface area contributed by atoms with Gasteiger partial charge in [-0.15, -0.1) is 0 Å². The van der Waals surface area contributed by atoms with Crippen molar-refractivity contribution in [2.45, 2.75) is 38.1 Å². The molecular weight excluding hydrogens is 321 g/mol. The van der Waals surface area contributed by atoms with Gasteiger partial charge in [-0.2, -0.15) is 18.3 Å². The quantitative estimate of drug-likeness (QED) is 0.909. The predicted octanol–water partition coefficient (Wildman–Crippen LogP) is 2.89. The zero-order valence-electron chi connectivity index (χ0n) is 13.1. The van der Waals surface area contributed by atoms with E-state index >= 15 is 0 Å². The van der Waals surface area contributed by atoms with Gasteiger partial charge in [0.05, 0.1) is 0 Å². The smallest absolute Gasteiger partial charge is 0.408 e. The van der Waals surface area contributed by atoms with Crippen molar-refractivity contribution in [3.63, 3.8) is 0 Å². The van der Waals surface area contributed by atoms with Gasteiger partial charge in [-0.05, 0) is 31.5 Å². The van der Waals surface area contributed by atoms with Crippen molar-refractivity contribution in [2.75, 3.05) is 13.1 Å². The van der Waals surface area contributed by atoms with Crippen LogP contribution in [0, 0.1) is 0 Å². The molecule has 3 rings (SSSR count). The molecule has 0 spiro atoms. The molecule has 1 saturated heterocycles. The Morgan fingerprint density at radius 1 is 1.25 bits per heavy atom. The molecule has 130 valence electrons. The lowest BCUT2D eigenvalue weighted by Gasteiger charge is -2.22. The second-order valence-electron chi connectivity index (χ2n) is 5.80. The van der Waals surface area contributed by atoms with Gasteiger partial charge in [-0.25, -0.2) is 9.67 Å². The van der Waals surface area contributed by atoms with Gasteiger partial charge in [-0.1, -0.05) is 18.2 Å². The van der Waals surface area contributed by atoms with Crippen molar-refractivity contribution in [1.29, 1.82) is 0 Å². The van der Waals surface area contributed by atoms with E-state index in [0.717, 1.165) is 24.1 Å². The van der Waals surface area contributed by atoms with Gasteiger partial charge in [0, 0.05) is 12.5 Å². The molecule has 0 saturated carbocycles. The van der Waals surface area contributed by atoms with Crippen LogP contribution in [0.1, 0.15) is 30.4 Å². The lowest BCUT2D eigenvalue weighted by Crippen LogP contribution is -2.31. The number of hydrogen-bond acceptors (Lipinski definition) is 4. The fourth-order valence-corrected chi connectivity index (χ4v) is 2.79. The molecule has 0 aliphatic carbocycles. The molecule has 5 nitrogen and oxygen atoms in total. The molecule has 1 unspecified atom stereocenters. The highest BCUT2D eigenvalue weighted by atomic mass is 19.4. The summed E-state index contributed by atoms with van der Waals surface area (Å²) in [4.78, 5) is 4.32. The van der Waals surface area contributed by atoms with Crippen molar-refractivity contribution in [3.05, 3.63) is 42.0 Å². The lowest BCUT2D eigenvalue weighted by molar-refractivity contribution is -0.143. The molecule has 1 atom stereocenters. The number of aromatic nitrogens is 3. The SMILES string of the molecule is FC(F)(F)Cn1nc(COc2ccccc2)nc1C1CCCNC1. The largest absolute Gasteiger partial charge is 0.486 e. The normalized spacial score (nSPS) is 18.5. The number of benzene rings is 1. The molecule has 0 amide bonds. The Hall–Kier alpha value is -2.09. The van der Waals surface area contributed by atoms with Crippen molar-refractivity contribution in [2.24, 2.45) is 0 Å². The molecule has 1 fully saturated rings. The third-order valence-corrected chi connectivity index (χ3v) is 3.85. The summed E-state index contributed by atoms with van der Waals surface area (Å²) in [7, 11) is 0. The standard InChI is InChI=1S/C16H19F3N4O/c17-16(18,19)11-23-15(12-5-4-8-20-9-12)21-14(22-23)10-24-13-6-2-1-3-7-13/h1-3,6-7,12,20H,4-5,8-11H2. The van der Waals surface area contributed by atoms with Crippen LogP contribution in [-0.2, 0) is 13.2 Å². The van der Waals surface area contributed by atoms with E-state index in [0.29, 0.717) is 18.1 Å². The summed E-state index contributed by atoms with van der Waals surface area (Å²) in [5.41, 5.74) is 0. The summed E-state index contributed by atoms with van der Waals surface area (Å²) < 4.78 is 45.0. The first-order valence-electron chi connectivity index (χ1n) is 7.90. The second kappa shape index (κ2) is 7.21. The number of alkyl halides is 3. The molecule has 0 bridgehead atoms. The molecule has 24 heavy (non-hydrogen) atoms. The van der Waals surface area contributed by atoms with Gasteiger partial charge in [0.25, 0.3) is 0 Å². The fraction of sp³-hybridized carbons (Fsp3) is 0.500. The summed E-state index contributed by atoms with van der Waals surface area (Å²) in [6, 6.07) is 9.06. The minimum absolute atomic E-state index is 0.0437. The summed E-state index contributed by atoms with van der Waals surface area (Å²) in [6.45, 7) is 0.419. The van der Waals surface area contributed by atoms with Gasteiger partial charge in [0.1, 0.15) is 24.7 Å². The summed E-state index contributed by atoms with van der Waals surface area (Å²) in [5.74, 6) is 1.22. The van der Waals surface area contributed by atoms with E-state index < -0.39 is 12.7 Å². The molecule has 1 aliphatic rings. The molecular formula is C16H19F3N4O. The van der Waals surface area contributed by atoms with E-state index in [9.17, 15) is 13.2 Å². The molecule has 1 aromatic heterocycles. The molecule has 2 aromatic rings. The van der Waals surface area contributed by atoms with E-state index in [1.54, 1.807) is 12.1 Å². The van der Waals surface area contributed by atoms with Crippen LogP contribution in [0.15, 0.2) is 30.3 Å². The molecule has 1 N–H and O–H groups in total. The van der Waals surface area contributed by atoms with Crippen molar-refractivity contribution in [3.8, 4) is 5.75 Å². The van der Waals surface area contributed by atoms with Gasteiger partial charge in [-0.3, -0.25) is 0 Å². The number of para-hydroxylation sites is 1. The highest BCUT2D eigenvalue weighted by Crippen LogP contribution is 2.25. The van der Waals surface area contributed by atoms with Crippen molar-refractivity contribution < 1.29 is 17.9 Å². The van der Waals surface area contributed by atoms with E-state index in [2.05, 4.69) is 15.4 Å². The number of piperidine rings is 1. The van der Waals surface area contributed by atoms with Crippen LogP contribution in [-0.4, -0.2) is 34.0 Å². The molecule has 8 heteroatoms. The third-order valence-electron chi connectivity index (χ3n) is 3.85. The number of ether oxygens (including phenoxy) is 1. The first kappa shape index (κ1) is 16.8. The van der Waals surface area contributed by atoms with Gasteiger partial charge < -0.3 is 10.1 Å². The van der Waals surface area contributed by atoms with Crippen LogP contribution < -0.4 is 10.1 Å². The Kier molecular flexibility index (Phi) is 5.03. The molecule has 1 aliphatic heterocycles. The number of halogens is 3. The van der Waals surface area contributed by atoms with Gasteiger partial charge in [0.15, 0.2) is 5.82 Å². The summed E-state index contributed by atoms with van der Waals surface area (Å²) in [6.07, 6.45) is -2.61. The van der Waals surface area contributed by atoms with E-state index in [4.69, 9.17) is 4.74 Å². The predicted molar refractivity (Wildman–Crippen MR) is 81.7 cm³/mol. The topological polar surface area (TPSA) is 52.0 Å². The van der Waals surface area contributed by atoms with E-state index in [1.165, 1.54) is 0 Å². The highest BCUT2D eigenvalue weighted by Gasteiger charge is 2.32. The highest BCUT2D eigenvalue weighted by molar-refractivity contribution is 5.21. The van der Waals surface area contributed by atoms with Crippen LogP contribution in [0.25, 0.3) is 0 Å². The minimum Gasteiger partial charge on any atom is -0.486 e. The number of nitrogens with zero attached hydrogens (tertiary/aromatic N) is 3. The Labute approximate surface area is 137 Å². The lowest BCUT2D eigenvalue weighted by atomic mass is 9.99. The van der Waals surface area contributed by atoms with Crippen LogP contribution >= 0.6 is 0 Å². The maximum absolute atomic E-state index is 12.8. The first-order valence-corrected chi connectivity index (χ1v) is 7.90. The van der Waals surface area contributed by atoms with Crippen molar-refractivity contribution in [1.82, 2.24) is 20.1 Å². The summed E-state index contributed by atoms with van der Waals surface area (Å²) >= 11 is 0. The van der Waals surface area contributed by atoms with Gasteiger partial charge in [0.2, 0.25) is 0 Å². The number of hydrogen-bond donors (Lipinski definition) is 1. The Bertz CT molecular complexity index is 651. The summed E-state index contributed by atoms with van der Waals surface area (Å²) in [5, 5.41) is 7.22. The van der Waals surface area contributed by atoms with E-state index in [1.807, 2.05) is 18.2 Å². The average Bonchev–Trinajstić information content (AvgIpc) is 2.95. The number of rotatable bonds is 5. The zero-order valence-corrected chi connectivity index (χ0v) is 13.1. The molecule has 1 aromatic carbocycles. The maximum Gasteiger partial charge on any atom is 0.408 e. The average molecular weight is 340 g/mol. The van der Waals surface area contributed by atoms with Crippen LogP contribution in [0.3, 0.4) is 0 Å². The first-order chi connectivity index (χ1) is 11.5. The Balaban J connectivity index is 1.76.